The standard InChI is InChI=1S/C36H58N2O4/c1-24(39)42-23-33(5)27-12-15-35(7)28(32(27,4)14-13-29(33)40)11-10-25-26-22-31(2,3)16-18-36(26,19-17-34(25,35)6)37-30(41)38-20-8-9-21-38/h10,26-29,40H,8-9,11-23H2,1-7H3,(H,37,41)/t26-,27+,28+,29-,32-,33-,34+,35+,36-/m0/s1. The molecule has 0 aromatic heterocycles. The number of carbonyl (C=O) groups is 2. The van der Waals surface area contributed by atoms with Crippen LogP contribution in [0, 0.1) is 44.8 Å². The van der Waals surface area contributed by atoms with Crippen LogP contribution < -0.4 is 5.32 Å². The van der Waals surface area contributed by atoms with E-state index in [0.29, 0.717) is 24.4 Å². The van der Waals surface area contributed by atoms with Gasteiger partial charge in [-0.05, 0) is 111 Å². The van der Waals surface area contributed by atoms with Crippen molar-refractivity contribution in [2.75, 3.05) is 19.7 Å². The fourth-order valence-electron chi connectivity index (χ4n) is 12.0. The molecule has 6 rings (SSSR count). The Balaban J connectivity index is 1.36. The number of ether oxygens (including phenoxy) is 1. The van der Waals surface area contributed by atoms with E-state index in [1.54, 1.807) is 5.57 Å². The van der Waals surface area contributed by atoms with Gasteiger partial charge >= 0.3 is 12.0 Å². The number of allylic oxidation sites excluding steroid dienone is 1. The summed E-state index contributed by atoms with van der Waals surface area (Å²) >= 11 is 0. The third-order valence-corrected chi connectivity index (χ3v) is 14.8. The number of urea groups is 1. The van der Waals surface area contributed by atoms with Gasteiger partial charge in [0.25, 0.3) is 0 Å². The first-order chi connectivity index (χ1) is 19.6. The van der Waals surface area contributed by atoms with Gasteiger partial charge in [0.1, 0.15) is 0 Å². The lowest BCUT2D eigenvalue weighted by atomic mass is 9.34. The largest absolute Gasteiger partial charge is 0.465 e. The van der Waals surface area contributed by atoms with Crippen LogP contribution in [0.4, 0.5) is 4.79 Å². The Hall–Kier alpha value is -1.56. The second-order valence-corrected chi connectivity index (χ2v) is 17.3. The van der Waals surface area contributed by atoms with Gasteiger partial charge in [0, 0.05) is 36.9 Å². The van der Waals surface area contributed by atoms with Gasteiger partial charge in [-0.3, -0.25) is 4.79 Å². The molecule has 5 fully saturated rings. The van der Waals surface area contributed by atoms with E-state index in [9.17, 15) is 14.7 Å². The minimum Gasteiger partial charge on any atom is -0.465 e. The van der Waals surface area contributed by atoms with Crippen LogP contribution >= 0.6 is 0 Å². The lowest BCUT2D eigenvalue weighted by Gasteiger charge is -2.71. The highest BCUT2D eigenvalue weighted by Gasteiger charge is 2.69. The monoisotopic (exact) mass is 582 g/mol. The molecular formula is C36H58N2O4. The van der Waals surface area contributed by atoms with Crippen molar-refractivity contribution in [1.29, 1.82) is 0 Å². The SMILES string of the molecule is CC(=O)OC[C@@]1(C)[C@@H]2CC[C@]3(C)[C@H](CC=C4[C@@H]5CC(C)(C)CC[C@]5(NC(=O)N5CCCC5)CC[C@]43C)[C@@]2(C)CC[C@@H]1O. The van der Waals surface area contributed by atoms with Crippen LogP contribution in [-0.2, 0) is 9.53 Å². The molecule has 0 bridgehead atoms. The van der Waals surface area contributed by atoms with E-state index in [4.69, 9.17) is 4.74 Å². The Morgan fingerprint density at radius 3 is 2.33 bits per heavy atom. The summed E-state index contributed by atoms with van der Waals surface area (Å²) in [6, 6.07) is 0.169. The maximum Gasteiger partial charge on any atom is 0.317 e. The van der Waals surface area contributed by atoms with Crippen LogP contribution in [0.3, 0.4) is 0 Å². The fourth-order valence-corrected chi connectivity index (χ4v) is 12.0. The van der Waals surface area contributed by atoms with Gasteiger partial charge in [-0.2, -0.15) is 0 Å². The highest BCUT2D eigenvalue weighted by Crippen LogP contribution is 2.74. The van der Waals surface area contributed by atoms with Gasteiger partial charge in [-0.25, -0.2) is 4.79 Å². The zero-order valence-corrected chi connectivity index (χ0v) is 27.6. The fraction of sp³-hybridized carbons (Fsp3) is 0.889. The average Bonchev–Trinajstić information content (AvgIpc) is 3.46. The van der Waals surface area contributed by atoms with Crippen LogP contribution in [-0.4, -0.2) is 53.3 Å². The van der Waals surface area contributed by atoms with Crippen molar-refractivity contribution < 1.29 is 19.4 Å². The maximum atomic E-state index is 13.6. The van der Waals surface area contributed by atoms with Gasteiger partial charge in [0.2, 0.25) is 0 Å². The first-order valence-corrected chi connectivity index (χ1v) is 17.2. The van der Waals surface area contributed by atoms with E-state index in [-0.39, 0.29) is 39.2 Å². The Labute approximate surface area is 254 Å². The predicted molar refractivity (Wildman–Crippen MR) is 166 cm³/mol. The highest BCUT2D eigenvalue weighted by atomic mass is 16.5. The summed E-state index contributed by atoms with van der Waals surface area (Å²) in [4.78, 5) is 27.5. The zero-order chi connectivity index (χ0) is 30.3. The number of likely N-dealkylation sites (tertiary alicyclic amines) is 1. The molecule has 6 aliphatic rings. The molecule has 9 atom stereocenters. The first kappa shape index (κ1) is 30.5. The number of nitrogens with one attached hydrogen (secondary N) is 1. The van der Waals surface area contributed by atoms with Crippen molar-refractivity contribution in [3.8, 4) is 0 Å². The van der Waals surface area contributed by atoms with Crippen molar-refractivity contribution in [1.82, 2.24) is 10.2 Å². The predicted octanol–water partition coefficient (Wildman–Crippen LogP) is 7.25. The van der Waals surface area contributed by atoms with Crippen molar-refractivity contribution >= 4 is 12.0 Å². The Morgan fingerprint density at radius 1 is 0.952 bits per heavy atom. The molecule has 1 saturated heterocycles. The van der Waals surface area contributed by atoms with Crippen LogP contribution in [0.5, 0.6) is 0 Å². The molecule has 1 heterocycles. The molecule has 6 nitrogen and oxygen atoms in total. The first-order valence-electron chi connectivity index (χ1n) is 17.2. The molecule has 2 N–H and O–H groups in total. The summed E-state index contributed by atoms with van der Waals surface area (Å²) in [6.45, 7) is 18.3. The maximum absolute atomic E-state index is 13.6. The van der Waals surface area contributed by atoms with Gasteiger partial charge < -0.3 is 20.1 Å². The third kappa shape index (κ3) is 4.34. The van der Waals surface area contributed by atoms with Crippen LogP contribution in [0.25, 0.3) is 0 Å². The Kier molecular flexibility index (Phi) is 7.23. The zero-order valence-electron chi connectivity index (χ0n) is 27.6. The average molecular weight is 583 g/mol. The smallest absolute Gasteiger partial charge is 0.317 e. The molecule has 236 valence electrons. The van der Waals surface area contributed by atoms with E-state index in [0.717, 1.165) is 90.1 Å². The molecule has 6 heteroatoms. The normalized spacial score (nSPS) is 47.7. The van der Waals surface area contributed by atoms with E-state index in [1.165, 1.54) is 6.92 Å². The molecule has 0 aromatic rings. The highest BCUT2D eigenvalue weighted by molar-refractivity contribution is 5.75. The summed E-state index contributed by atoms with van der Waals surface area (Å²) in [6.07, 6.45) is 15.1. The Morgan fingerprint density at radius 2 is 1.64 bits per heavy atom. The lowest BCUT2D eigenvalue weighted by molar-refractivity contribution is -0.217. The van der Waals surface area contributed by atoms with Gasteiger partial charge in [0.05, 0.1) is 12.7 Å². The van der Waals surface area contributed by atoms with Gasteiger partial charge in [-0.1, -0.05) is 53.2 Å². The summed E-state index contributed by atoms with van der Waals surface area (Å²) in [5.41, 5.74) is 1.68. The number of aliphatic hydroxyl groups excluding tert-OH is 1. The summed E-state index contributed by atoms with van der Waals surface area (Å²) in [5, 5.41) is 15.0. The number of amides is 2. The van der Waals surface area contributed by atoms with Crippen molar-refractivity contribution in [2.24, 2.45) is 44.8 Å². The molecule has 0 aromatic carbocycles. The van der Waals surface area contributed by atoms with Gasteiger partial charge in [0.15, 0.2) is 0 Å². The van der Waals surface area contributed by atoms with Crippen molar-refractivity contribution in [3.05, 3.63) is 11.6 Å². The molecule has 2 amide bonds. The number of aliphatic hydroxyl groups is 1. The number of carbonyl (C=O) groups excluding carboxylic acids is 2. The van der Waals surface area contributed by atoms with E-state index in [2.05, 4.69) is 57.8 Å². The van der Waals surface area contributed by atoms with Crippen LogP contribution in [0.15, 0.2) is 11.6 Å². The quantitative estimate of drug-likeness (QED) is 0.271. The summed E-state index contributed by atoms with van der Waals surface area (Å²) in [5.74, 6) is 0.968. The molecule has 0 radical (unpaired) electrons. The minimum absolute atomic E-state index is 0.0799. The lowest BCUT2D eigenvalue weighted by Crippen LogP contribution is -2.68. The molecule has 5 aliphatic carbocycles. The molecular weight excluding hydrogens is 524 g/mol. The Bertz CT molecular complexity index is 1140. The van der Waals surface area contributed by atoms with Crippen LogP contribution in [0.1, 0.15) is 126 Å². The second-order valence-electron chi connectivity index (χ2n) is 17.3. The van der Waals surface area contributed by atoms with E-state index < -0.39 is 11.5 Å². The number of rotatable bonds is 3. The minimum atomic E-state index is -0.441. The number of nitrogens with zero attached hydrogens (tertiary/aromatic N) is 1. The van der Waals surface area contributed by atoms with Gasteiger partial charge in [-0.15, -0.1) is 0 Å². The third-order valence-electron chi connectivity index (χ3n) is 14.8. The number of hydrogen-bond donors (Lipinski definition) is 2. The van der Waals surface area contributed by atoms with Crippen molar-refractivity contribution in [3.63, 3.8) is 0 Å². The topological polar surface area (TPSA) is 78.9 Å². The number of hydrogen-bond acceptors (Lipinski definition) is 4. The molecule has 42 heavy (non-hydrogen) atoms. The number of esters is 1. The van der Waals surface area contributed by atoms with Crippen molar-refractivity contribution in [2.45, 2.75) is 137 Å². The summed E-state index contributed by atoms with van der Waals surface area (Å²) < 4.78 is 5.63. The van der Waals surface area contributed by atoms with E-state index >= 15 is 0 Å². The summed E-state index contributed by atoms with van der Waals surface area (Å²) in [7, 11) is 0. The molecule has 0 spiro atoms. The second kappa shape index (κ2) is 9.97. The molecule has 4 saturated carbocycles. The van der Waals surface area contributed by atoms with Crippen LogP contribution in [0.2, 0.25) is 0 Å². The molecule has 1 aliphatic heterocycles. The van der Waals surface area contributed by atoms with E-state index in [1.807, 2.05) is 0 Å². The number of fused-ring (bicyclic) bond motifs is 7. The molecule has 0 unspecified atom stereocenters.